The molecule has 0 bridgehead atoms. The number of carboxylic acid groups (broad SMARTS) is 1. The Bertz CT molecular complexity index is 506. The predicted molar refractivity (Wildman–Crippen MR) is 54.6 cm³/mol. The Kier molecular flexibility index (Phi) is 2.24. The molecule has 0 spiro atoms. The summed E-state index contributed by atoms with van der Waals surface area (Å²) in [5.41, 5.74) is 1.60. The van der Waals surface area contributed by atoms with Gasteiger partial charge in [-0.2, -0.15) is 0 Å². The van der Waals surface area contributed by atoms with E-state index in [1.165, 1.54) is 0 Å². The molecule has 0 aromatic carbocycles. The van der Waals surface area contributed by atoms with Crippen molar-refractivity contribution in [2.75, 3.05) is 11.9 Å². The smallest absolute Gasteiger partial charge is 0.322 e. The Balaban J connectivity index is 2.38. The van der Waals surface area contributed by atoms with Crippen molar-refractivity contribution in [3.63, 3.8) is 0 Å². The van der Waals surface area contributed by atoms with Gasteiger partial charge in [0.1, 0.15) is 12.1 Å². The van der Waals surface area contributed by atoms with E-state index in [9.17, 15) is 4.79 Å². The van der Waals surface area contributed by atoms with Gasteiger partial charge in [-0.15, -0.1) is 0 Å². The van der Waals surface area contributed by atoms with Crippen LogP contribution < -0.4 is 5.32 Å². The van der Waals surface area contributed by atoms with Crippen LogP contribution in [0.25, 0.3) is 11.0 Å². The van der Waals surface area contributed by atoms with Crippen LogP contribution in [0.1, 0.15) is 0 Å². The van der Waals surface area contributed by atoms with E-state index in [-0.39, 0.29) is 6.54 Å². The first kappa shape index (κ1) is 9.45. The molecule has 0 saturated heterocycles. The number of nitrogens with zero attached hydrogens (tertiary/aromatic N) is 3. The van der Waals surface area contributed by atoms with E-state index in [4.69, 9.17) is 5.11 Å². The number of anilines is 1. The predicted octanol–water partition coefficient (Wildman–Crippen LogP) is 0.465. The van der Waals surface area contributed by atoms with Crippen LogP contribution in [0.3, 0.4) is 0 Å². The Morgan fingerprint density at radius 3 is 3.13 bits per heavy atom. The van der Waals surface area contributed by atoms with Crippen molar-refractivity contribution in [3.8, 4) is 0 Å². The van der Waals surface area contributed by atoms with Crippen molar-refractivity contribution in [1.29, 1.82) is 0 Å². The van der Waals surface area contributed by atoms with Crippen molar-refractivity contribution in [2.45, 2.75) is 0 Å². The summed E-state index contributed by atoms with van der Waals surface area (Å²) in [5, 5.41) is 11.3. The van der Waals surface area contributed by atoms with E-state index in [0.717, 1.165) is 5.52 Å². The molecule has 2 N–H and O–H groups in total. The van der Waals surface area contributed by atoms with E-state index >= 15 is 0 Å². The second-order valence-electron chi connectivity index (χ2n) is 3.13. The average Bonchev–Trinajstić information content (AvgIpc) is 2.58. The molecule has 2 rings (SSSR count). The summed E-state index contributed by atoms with van der Waals surface area (Å²) in [6.45, 7) is -0.164. The minimum atomic E-state index is -0.926. The van der Waals surface area contributed by atoms with Gasteiger partial charge in [-0.3, -0.25) is 4.79 Å². The van der Waals surface area contributed by atoms with Gasteiger partial charge in [0, 0.05) is 13.2 Å². The van der Waals surface area contributed by atoms with Crippen molar-refractivity contribution in [3.05, 3.63) is 18.6 Å². The molecule has 2 aromatic heterocycles. The molecule has 0 aliphatic heterocycles. The van der Waals surface area contributed by atoms with Crippen molar-refractivity contribution < 1.29 is 9.90 Å². The Morgan fingerprint density at radius 1 is 1.60 bits per heavy atom. The summed E-state index contributed by atoms with van der Waals surface area (Å²) < 4.78 is 1.85. The maximum absolute atomic E-state index is 10.4. The number of hydrogen-bond acceptors (Lipinski definition) is 4. The van der Waals surface area contributed by atoms with Gasteiger partial charge < -0.3 is 15.0 Å². The number of fused-ring (bicyclic) bond motifs is 1. The number of nitrogens with one attached hydrogen (secondary N) is 1. The molecule has 0 saturated carbocycles. The third-order valence-corrected chi connectivity index (χ3v) is 2.05. The fourth-order valence-corrected chi connectivity index (χ4v) is 1.35. The summed E-state index contributed by atoms with van der Waals surface area (Å²) in [4.78, 5) is 18.6. The average molecular weight is 206 g/mol. The van der Waals surface area contributed by atoms with Crippen LogP contribution in [0.5, 0.6) is 0 Å². The number of aromatic nitrogens is 3. The lowest BCUT2D eigenvalue weighted by Gasteiger charge is -2.02. The zero-order valence-corrected chi connectivity index (χ0v) is 8.14. The second-order valence-corrected chi connectivity index (χ2v) is 3.13. The Labute approximate surface area is 85.6 Å². The molecule has 0 aliphatic rings. The third kappa shape index (κ3) is 1.74. The lowest BCUT2D eigenvalue weighted by Crippen LogP contribution is -2.13. The maximum atomic E-state index is 10.4. The maximum Gasteiger partial charge on any atom is 0.322 e. The number of carboxylic acids is 1. The van der Waals surface area contributed by atoms with Gasteiger partial charge in [-0.05, 0) is 6.07 Å². The number of imidazole rings is 1. The van der Waals surface area contributed by atoms with Gasteiger partial charge in [-0.1, -0.05) is 0 Å². The van der Waals surface area contributed by atoms with Crippen molar-refractivity contribution >= 4 is 22.8 Å². The normalized spacial score (nSPS) is 10.5. The molecule has 0 radical (unpaired) electrons. The quantitative estimate of drug-likeness (QED) is 0.762. The highest BCUT2D eigenvalue weighted by atomic mass is 16.4. The fourth-order valence-electron chi connectivity index (χ4n) is 1.35. The highest BCUT2D eigenvalue weighted by Crippen LogP contribution is 2.17. The van der Waals surface area contributed by atoms with Gasteiger partial charge >= 0.3 is 5.97 Å². The van der Waals surface area contributed by atoms with Gasteiger partial charge in [0.15, 0.2) is 5.82 Å². The van der Waals surface area contributed by atoms with Gasteiger partial charge in [0.25, 0.3) is 0 Å². The standard InChI is InChI=1S/C9H10N4O2/c1-13-5-12-8-6(13)2-3-10-9(8)11-4-7(14)15/h2-3,5H,4H2,1H3,(H,10,11)(H,14,15). The minimum Gasteiger partial charge on any atom is -0.480 e. The first-order valence-electron chi connectivity index (χ1n) is 4.40. The summed E-state index contributed by atoms with van der Waals surface area (Å²) in [6, 6.07) is 1.83. The molecule has 0 atom stereocenters. The van der Waals surface area contributed by atoms with E-state index in [2.05, 4.69) is 15.3 Å². The summed E-state index contributed by atoms with van der Waals surface area (Å²) in [5.74, 6) is -0.430. The molecular weight excluding hydrogens is 196 g/mol. The molecule has 6 nitrogen and oxygen atoms in total. The Hall–Kier alpha value is -2.11. The van der Waals surface area contributed by atoms with E-state index in [1.54, 1.807) is 12.5 Å². The Morgan fingerprint density at radius 2 is 2.40 bits per heavy atom. The van der Waals surface area contributed by atoms with Crippen molar-refractivity contribution in [1.82, 2.24) is 14.5 Å². The number of hydrogen-bond donors (Lipinski definition) is 2. The van der Waals surface area contributed by atoms with Crippen LogP contribution in [-0.4, -0.2) is 32.2 Å². The molecule has 0 fully saturated rings. The lowest BCUT2D eigenvalue weighted by molar-refractivity contribution is -0.134. The summed E-state index contributed by atoms with van der Waals surface area (Å²) >= 11 is 0. The number of aryl methyl sites for hydroxylation is 1. The van der Waals surface area contributed by atoms with Gasteiger partial charge in [0.05, 0.1) is 11.8 Å². The highest BCUT2D eigenvalue weighted by molar-refractivity contribution is 5.87. The summed E-state index contributed by atoms with van der Waals surface area (Å²) in [6.07, 6.45) is 3.28. The number of pyridine rings is 1. The monoisotopic (exact) mass is 206 g/mol. The molecule has 0 aliphatic carbocycles. The highest BCUT2D eigenvalue weighted by Gasteiger charge is 2.07. The largest absolute Gasteiger partial charge is 0.480 e. The third-order valence-electron chi connectivity index (χ3n) is 2.05. The fraction of sp³-hybridized carbons (Fsp3) is 0.222. The molecule has 0 unspecified atom stereocenters. The van der Waals surface area contributed by atoms with Crippen LogP contribution in [-0.2, 0) is 11.8 Å². The first-order chi connectivity index (χ1) is 7.18. The topological polar surface area (TPSA) is 80.0 Å². The van der Waals surface area contributed by atoms with Crippen LogP contribution >= 0.6 is 0 Å². The summed E-state index contributed by atoms with van der Waals surface area (Å²) in [7, 11) is 1.87. The van der Waals surface area contributed by atoms with Crippen LogP contribution in [0.4, 0.5) is 5.82 Å². The van der Waals surface area contributed by atoms with Crippen LogP contribution in [0.2, 0.25) is 0 Å². The molecule has 2 aromatic rings. The number of aliphatic carboxylic acids is 1. The number of rotatable bonds is 3. The zero-order valence-electron chi connectivity index (χ0n) is 8.14. The first-order valence-corrected chi connectivity index (χ1v) is 4.40. The second kappa shape index (κ2) is 3.56. The number of carbonyl (C=O) groups is 1. The van der Waals surface area contributed by atoms with Gasteiger partial charge in [0.2, 0.25) is 0 Å². The van der Waals surface area contributed by atoms with Crippen molar-refractivity contribution in [2.24, 2.45) is 7.05 Å². The molecule has 6 heteroatoms. The zero-order chi connectivity index (χ0) is 10.8. The van der Waals surface area contributed by atoms with E-state index in [1.807, 2.05) is 17.7 Å². The molecular formula is C9H10N4O2. The van der Waals surface area contributed by atoms with Gasteiger partial charge in [-0.25, -0.2) is 9.97 Å². The SMILES string of the molecule is Cn1cnc2c(NCC(=O)O)nccc21. The minimum absolute atomic E-state index is 0.164. The molecule has 2 heterocycles. The lowest BCUT2D eigenvalue weighted by atomic mass is 10.4. The van der Waals surface area contributed by atoms with E-state index in [0.29, 0.717) is 11.3 Å². The molecule has 78 valence electrons. The van der Waals surface area contributed by atoms with E-state index < -0.39 is 5.97 Å². The molecule has 15 heavy (non-hydrogen) atoms. The van der Waals surface area contributed by atoms with Crippen LogP contribution in [0, 0.1) is 0 Å². The molecule has 0 amide bonds. The van der Waals surface area contributed by atoms with Crippen LogP contribution in [0.15, 0.2) is 18.6 Å².